The first-order valence-electron chi connectivity index (χ1n) is 4.44. The van der Waals surface area contributed by atoms with E-state index in [-0.39, 0.29) is 10.8 Å². The second-order valence-corrected chi connectivity index (χ2v) is 3.52. The van der Waals surface area contributed by atoms with E-state index in [0.29, 0.717) is 6.04 Å². The Kier molecular flexibility index (Phi) is 4.11. The zero-order valence-electron chi connectivity index (χ0n) is 8.22. The predicted octanol–water partition coefficient (Wildman–Crippen LogP) is 3.10. The third kappa shape index (κ3) is 3.13. The smallest absolute Gasteiger partial charge is 0.141 e. The predicted molar refractivity (Wildman–Crippen MR) is 59.0 cm³/mol. The molecule has 1 N–H and O–H groups in total. The largest absolute Gasteiger partial charge is 0.314 e. The van der Waals surface area contributed by atoms with E-state index in [1.807, 2.05) is 26.1 Å². The van der Waals surface area contributed by atoms with Crippen LogP contribution in [0.1, 0.15) is 12.5 Å². The van der Waals surface area contributed by atoms with Gasteiger partial charge in [-0.2, -0.15) is 0 Å². The van der Waals surface area contributed by atoms with Crippen molar-refractivity contribution in [2.24, 2.45) is 0 Å². The summed E-state index contributed by atoms with van der Waals surface area (Å²) < 4.78 is 12.8. The number of nitrogens with one attached hydrogen (secondary N) is 1. The molecule has 3 heteroatoms. The number of hydrogen-bond donors (Lipinski definition) is 1. The Bertz CT molecular complexity index is 336. The van der Waals surface area contributed by atoms with Crippen LogP contribution in [-0.2, 0) is 0 Å². The van der Waals surface area contributed by atoms with Crippen molar-refractivity contribution in [1.82, 2.24) is 5.32 Å². The van der Waals surface area contributed by atoms with E-state index in [4.69, 9.17) is 11.6 Å². The SMILES string of the molecule is CNC(C)/C=C/c1ccc(F)c(Cl)c1. The minimum atomic E-state index is -0.384. The summed E-state index contributed by atoms with van der Waals surface area (Å²) in [6.45, 7) is 2.03. The molecule has 0 aliphatic rings. The Morgan fingerprint density at radius 3 is 2.79 bits per heavy atom. The average Bonchev–Trinajstić information content (AvgIpc) is 2.19. The van der Waals surface area contributed by atoms with Crippen molar-refractivity contribution in [1.29, 1.82) is 0 Å². The Labute approximate surface area is 88.6 Å². The molecule has 0 aliphatic carbocycles. The molecule has 1 atom stereocenters. The van der Waals surface area contributed by atoms with Gasteiger partial charge in [-0.1, -0.05) is 29.8 Å². The zero-order valence-corrected chi connectivity index (χ0v) is 8.98. The van der Waals surface area contributed by atoms with Gasteiger partial charge in [0.05, 0.1) is 5.02 Å². The fourth-order valence-corrected chi connectivity index (χ4v) is 1.16. The summed E-state index contributed by atoms with van der Waals surface area (Å²) in [5.74, 6) is -0.384. The Morgan fingerprint density at radius 2 is 2.21 bits per heavy atom. The van der Waals surface area contributed by atoms with Crippen molar-refractivity contribution in [2.45, 2.75) is 13.0 Å². The summed E-state index contributed by atoms with van der Waals surface area (Å²) in [6.07, 6.45) is 3.90. The van der Waals surface area contributed by atoms with Gasteiger partial charge in [0.2, 0.25) is 0 Å². The second kappa shape index (κ2) is 5.13. The van der Waals surface area contributed by atoms with E-state index < -0.39 is 0 Å². The quantitative estimate of drug-likeness (QED) is 0.814. The van der Waals surface area contributed by atoms with E-state index in [1.165, 1.54) is 6.07 Å². The monoisotopic (exact) mass is 213 g/mol. The van der Waals surface area contributed by atoms with Crippen LogP contribution in [0.2, 0.25) is 5.02 Å². The van der Waals surface area contributed by atoms with Gasteiger partial charge in [-0.25, -0.2) is 4.39 Å². The molecule has 0 fully saturated rings. The highest BCUT2D eigenvalue weighted by molar-refractivity contribution is 6.30. The molecule has 14 heavy (non-hydrogen) atoms. The molecule has 0 bridgehead atoms. The molecule has 0 heterocycles. The normalized spacial score (nSPS) is 13.4. The van der Waals surface area contributed by atoms with Gasteiger partial charge in [0, 0.05) is 6.04 Å². The van der Waals surface area contributed by atoms with Crippen LogP contribution in [-0.4, -0.2) is 13.1 Å². The van der Waals surface area contributed by atoms with Crippen LogP contribution in [0.15, 0.2) is 24.3 Å². The standard InChI is InChI=1S/C11H13ClFN/c1-8(14-2)3-4-9-5-6-11(13)10(12)7-9/h3-8,14H,1-2H3/b4-3+. The van der Waals surface area contributed by atoms with Crippen molar-refractivity contribution in [3.63, 3.8) is 0 Å². The van der Waals surface area contributed by atoms with Gasteiger partial charge in [-0.15, -0.1) is 0 Å². The van der Waals surface area contributed by atoms with Gasteiger partial charge in [0.25, 0.3) is 0 Å². The fourth-order valence-electron chi connectivity index (χ4n) is 0.968. The maximum absolute atomic E-state index is 12.8. The molecule has 0 spiro atoms. The first-order valence-corrected chi connectivity index (χ1v) is 4.82. The summed E-state index contributed by atoms with van der Waals surface area (Å²) >= 11 is 5.64. The Hall–Kier alpha value is -0.860. The molecular weight excluding hydrogens is 201 g/mol. The van der Waals surface area contributed by atoms with Crippen LogP contribution in [0, 0.1) is 5.82 Å². The first-order chi connectivity index (χ1) is 6.63. The number of halogens is 2. The van der Waals surface area contributed by atoms with Crippen LogP contribution in [0.4, 0.5) is 4.39 Å². The fraction of sp³-hybridized carbons (Fsp3) is 0.273. The summed E-state index contributed by atoms with van der Waals surface area (Å²) in [4.78, 5) is 0. The third-order valence-corrected chi connectivity index (χ3v) is 2.27. The molecule has 1 nitrogen and oxygen atoms in total. The number of likely N-dealkylation sites (N-methyl/N-ethyl adjacent to an activating group) is 1. The first kappa shape index (κ1) is 11.2. The van der Waals surface area contributed by atoms with E-state index in [0.717, 1.165) is 5.56 Å². The lowest BCUT2D eigenvalue weighted by molar-refractivity contribution is 0.628. The molecular formula is C11H13ClFN. The number of benzene rings is 1. The van der Waals surface area contributed by atoms with E-state index >= 15 is 0 Å². The van der Waals surface area contributed by atoms with E-state index in [2.05, 4.69) is 5.32 Å². The van der Waals surface area contributed by atoms with Crippen LogP contribution in [0.3, 0.4) is 0 Å². The molecule has 1 unspecified atom stereocenters. The van der Waals surface area contributed by atoms with Crippen LogP contribution >= 0.6 is 11.6 Å². The minimum absolute atomic E-state index is 0.157. The van der Waals surface area contributed by atoms with Crippen molar-refractivity contribution >= 4 is 17.7 Å². The van der Waals surface area contributed by atoms with Gasteiger partial charge < -0.3 is 5.32 Å². The summed E-state index contributed by atoms with van der Waals surface area (Å²) in [6, 6.07) is 4.96. The van der Waals surface area contributed by atoms with E-state index in [1.54, 1.807) is 12.1 Å². The lowest BCUT2D eigenvalue weighted by Crippen LogP contribution is -2.17. The molecule has 0 radical (unpaired) electrons. The van der Waals surface area contributed by atoms with E-state index in [9.17, 15) is 4.39 Å². The number of rotatable bonds is 3. The summed E-state index contributed by atoms with van der Waals surface area (Å²) in [5, 5.41) is 3.22. The molecule has 0 amide bonds. The maximum atomic E-state index is 12.8. The van der Waals surface area contributed by atoms with Crippen molar-refractivity contribution in [3.8, 4) is 0 Å². The van der Waals surface area contributed by atoms with Crippen LogP contribution < -0.4 is 5.32 Å². The van der Waals surface area contributed by atoms with Crippen molar-refractivity contribution in [2.75, 3.05) is 7.05 Å². The highest BCUT2D eigenvalue weighted by Crippen LogP contribution is 2.16. The Morgan fingerprint density at radius 1 is 1.50 bits per heavy atom. The molecule has 0 saturated heterocycles. The highest BCUT2D eigenvalue weighted by atomic mass is 35.5. The second-order valence-electron chi connectivity index (χ2n) is 3.11. The maximum Gasteiger partial charge on any atom is 0.141 e. The van der Waals surface area contributed by atoms with Gasteiger partial charge in [-0.05, 0) is 31.7 Å². The summed E-state index contributed by atoms with van der Waals surface area (Å²) in [5.41, 5.74) is 0.901. The van der Waals surface area contributed by atoms with Crippen molar-refractivity contribution in [3.05, 3.63) is 40.7 Å². The highest BCUT2D eigenvalue weighted by Gasteiger charge is 1.98. The van der Waals surface area contributed by atoms with Gasteiger partial charge in [0.1, 0.15) is 5.82 Å². The molecule has 0 aliphatic heterocycles. The molecule has 0 aromatic heterocycles. The zero-order chi connectivity index (χ0) is 10.6. The lowest BCUT2D eigenvalue weighted by atomic mass is 10.2. The number of hydrogen-bond acceptors (Lipinski definition) is 1. The van der Waals surface area contributed by atoms with Gasteiger partial charge in [0.15, 0.2) is 0 Å². The van der Waals surface area contributed by atoms with Crippen LogP contribution in [0.5, 0.6) is 0 Å². The third-order valence-electron chi connectivity index (χ3n) is 1.98. The van der Waals surface area contributed by atoms with Gasteiger partial charge >= 0.3 is 0 Å². The molecule has 76 valence electrons. The summed E-state index contributed by atoms with van der Waals surface area (Å²) in [7, 11) is 1.88. The van der Waals surface area contributed by atoms with Crippen LogP contribution in [0.25, 0.3) is 6.08 Å². The minimum Gasteiger partial charge on any atom is -0.314 e. The lowest BCUT2D eigenvalue weighted by Gasteiger charge is -2.02. The molecule has 0 saturated carbocycles. The molecule has 1 rings (SSSR count). The topological polar surface area (TPSA) is 12.0 Å². The average molecular weight is 214 g/mol. The molecule has 1 aromatic rings. The van der Waals surface area contributed by atoms with Crippen molar-refractivity contribution < 1.29 is 4.39 Å². The molecule has 1 aromatic carbocycles. The van der Waals surface area contributed by atoms with Gasteiger partial charge in [-0.3, -0.25) is 0 Å². The Balaban J connectivity index is 2.77.